The molecule has 2 amide bonds. The number of aliphatic imine (C=N–C) groups is 1. The van der Waals surface area contributed by atoms with E-state index in [0.29, 0.717) is 33.5 Å². The number of carbonyl (C=O) groups is 2. The van der Waals surface area contributed by atoms with Gasteiger partial charge in [-0.2, -0.15) is 5.01 Å². The molecule has 0 unspecified atom stereocenters. The van der Waals surface area contributed by atoms with Crippen LogP contribution < -0.4 is 9.37 Å². The van der Waals surface area contributed by atoms with Gasteiger partial charge in [-0.25, -0.2) is 4.57 Å². The van der Waals surface area contributed by atoms with Crippen LogP contribution in [0.15, 0.2) is 89.2 Å². The third kappa shape index (κ3) is 4.04. The van der Waals surface area contributed by atoms with Gasteiger partial charge in [-0.05, 0) is 35.7 Å². The summed E-state index contributed by atoms with van der Waals surface area (Å²) in [6.07, 6.45) is 5.46. The third-order valence-corrected chi connectivity index (χ3v) is 7.45. The van der Waals surface area contributed by atoms with E-state index in [1.165, 1.54) is 11.3 Å². The highest BCUT2D eigenvalue weighted by Crippen LogP contribution is 2.34. The van der Waals surface area contributed by atoms with E-state index in [4.69, 9.17) is 5.11 Å². The van der Waals surface area contributed by atoms with E-state index in [-0.39, 0.29) is 6.61 Å². The number of aromatic nitrogens is 2. The van der Waals surface area contributed by atoms with Crippen LogP contribution in [0.25, 0.3) is 21.0 Å². The van der Waals surface area contributed by atoms with Crippen LogP contribution in [-0.4, -0.2) is 39.3 Å². The van der Waals surface area contributed by atoms with Crippen molar-refractivity contribution in [3.05, 3.63) is 101 Å². The predicted molar refractivity (Wildman–Crippen MR) is 142 cm³/mol. The van der Waals surface area contributed by atoms with E-state index < -0.39 is 11.8 Å². The van der Waals surface area contributed by atoms with E-state index in [1.54, 1.807) is 24.4 Å². The Morgan fingerprint density at radius 3 is 2.54 bits per heavy atom. The maximum atomic E-state index is 13.6. The summed E-state index contributed by atoms with van der Waals surface area (Å²) in [5.74, 6) is -0.926. The monoisotopic (exact) mass is 508 g/mol. The first kappa shape index (κ1) is 23.0. The van der Waals surface area contributed by atoms with Gasteiger partial charge in [0.05, 0.1) is 27.0 Å². The van der Waals surface area contributed by atoms with Crippen LogP contribution in [0.4, 0.5) is 5.69 Å². The van der Waals surface area contributed by atoms with Crippen LogP contribution in [0.1, 0.15) is 26.3 Å². The number of nitrogens with zero attached hydrogens (tertiary/aromatic N) is 5. The molecule has 0 radical (unpaired) electrons. The zero-order valence-electron chi connectivity index (χ0n) is 19.9. The summed E-state index contributed by atoms with van der Waals surface area (Å²) < 4.78 is 4.77. The molecule has 3 heterocycles. The zero-order chi connectivity index (χ0) is 25.5. The number of aryl methyl sites for hydroxylation is 1. The fraction of sp³-hybridized carbons (Fsp3) is 0.107. The highest BCUT2D eigenvalue weighted by Gasteiger charge is 2.33. The Kier molecular flexibility index (Phi) is 5.71. The van der Waals surface area contributed by atoms with Crippen LogP contribution >= 0.6 is 11.3 Å². The summed E-state index contributed by atoms with van der Waals surface area (Å²) in [5.41, 5.74) is 3.28. The predicted octanol–water partition coefficient (Wildman–Crippen LogP) is 3.54. The van der Waals surface area contributed by atoms with Crippen molar-refractivity contribution in [3.63, 3.8) is 0 Å². The number of carbonyl (C=O) groups excluding carboxylic acids is 2. The molecule has 9 heteroatoms. The number of pyridine rings is 1. The minimum atomic E-state index is -0.479. The molecule has 0 aliphatic carbocycles. The Bertz CT molecular complexity index is 1800. The Morgan fingerprint density at radius 1 is 0.973 bits per heavy atom. The maximum absolute atomic E-state index is 13.6. The molecule has 0 saturated carbocycles. The van der Waals surface area contributed by atoms with Gasteiger partial charge in [-0.15, -0.1) is 5.10 Å². The van der Waals surface area contributed by atoms with Crippen molar-refractivity contribution in [2.75, 3.05) is 6.61 Å². The van der Waals surface area contributed by atoms with Gasteiger partial charge in [-0.3, -0.25) is 14.6 Å². The molecule has 0 fully saturated rings. The summed E-state index contributed by atoms with van der Waals surface area (Å²) >= 11 is 1.42. The normalized spacial score (nSPS) is 14.0. The first-order valence-electron chi connectivity index (χ1n) is 11.7. The molecule has 0 spiro atoms. The minimum absolute atomic E-state index is 0.0704. The first-order valence-corrected chi connectivity index (χ1v) is 12.5. The van der Waals surface area contributed by atoms with Gasteiger partial charge in [-0.1, -0.05) is 35.6 Å². The quantitative estimate of drug-likeness (QED) is 0.224. The number of aliphatic hydroxyl groups is 1. The lowest BCUT2D eigenvalue weighted by Gasteiger charge is -2.23. The molecule has 8 nitrogen and oxygen atoms in total. The number of aliphatic hydroxyl groups excluding tert-OH is 1. The lowest BCUT2D eigenvalue weighted by Crippen LogP contribution is -2.38. The van der Waals surface area contributed by atoms with Gasteiger partial charge in [0, 0.05) is 36.3 Å². The maximum Gasteiger partial charge on any atom is 0.282 e. The molecule has 2 aromatic heterocycles. The number of benzene rings is 3. The molecule has 3 aromatic carbocycles. The smallest absolute Gasteiger partial charge is 0.282 e. The second-order valence-corrected chi connectivity index (χ2v) is 9.69. The third-order valence-electron chi connectivity index (χ3n) is 6.35. The molecule has 37 heavy (non-hydrogen) atoms. The van der Waals surface area contributed by atoms with Crippen molar-refractivity contribution >= 4 is 56.0 Å². The molecular formula is C28H22N5O3S+. The van der Waals surface area contributed by atoms with Crippen LogP contribution in [0.5, 0.6) is 0 Å². The van der Waals surface area contributed by atoms with Crippen LogP contribution in [0, 0.1) is 0 Å². The molecule has 182 valence electrons. The number of hydrogen-bond donors (Lipinski definition) is 1. The number of hydrogen-bond acceptors (Lipinski definition) is 6. The molecule has 0 saturated heterocycles. The second kappa shape index (κ2) is 9.20. The highest BCUT2D eigenvalue weighted by molar-refractivity contribution is 7.16. The fourth-order valence-electron chi connectivity index (χ4n) is 4.48. The molecule has 0 atom stereocenters. The summed E-state index contributed by atoms with van der Waals surface area (Å²) in [7, 11) is 1.87. The van der Waals surface area contributed by atoms with Crippen molar-refractivity contribution in [1.82, 2.24) is 9.58 Å². The SMILES string of the molecule is Cn1/c(=N/N2C(=O)c3cccc4cc(/N=C/c5cc[n+](CCO)cc5)cc(c34)C2=O)sc2ccccc21. The Hall–Kier alpha value is -4.47. The molecular weight excluding hydrogens is 486 g/mol. The minimum Gasteiger partial charge on any atom is -0.390 e. The molecule has 5 aromatic rings. The van der Waals surface area contributed by atoms with E-state index in [2.05, 4.69) is 10.1 Å². The summed E-state index contributed by atoms with van der Waals surface area (Å²) in [6.45, 7) is 0.594. The number of amides is 2. The summed E-state index contributed by atoms with van der Waals surface area (Å²) in [4.78, 5) is 32.1. The summed E-state index contributed by atoms with van der Waals surface area (Å²) in [6, 6.07) is 20.6. The topological polar surface area (TPSA) is 91.1 Å². The van der Waals surface area contributed by atoms with Crippen molar-refractivity contribution in [2.24, 2.45) is 17.1 Å². The van der Waals surface area contributed by atoms with Crippen LogP contribution in [0.2, 0.25) is 0 Å². The number of para-hydroxylation sites is 1. The van der Waals surface area contributed by atoms with Crippen molar-refractivity contribution in [3.8, 4) is 0 Å². The van der Waals surface area contributed by atoms with E-state index >= 15 is 0 Å². The van der Waals surface area contributed by atoms with Crippen molar-refractivity contribution in [1.29, 1.82) is 0 Å². The zero-order valence-corrected chi connectivity index (χ0v) is 20.7. The van der Waals surface area contributed by atoms with Gasteiger partial charge in [0.15, 0.2) is 18.9 Å². The number of imide groups is 1. The standard InChI is InChI=1S/C28H22N5O3S/c1-31-23-7-2-3-8-24(23)37-28(31)30-33-26(35)21-6-4-5-19-15-20(16-22(25(19)21)27(33)36)29-17-18-9-11-32(12-10-18)13-14-34/h2-12,15-17,34H,13-14H2,1H3/q+1/b29-17+,30-28-. The summed E-state index contributed by atoms with van der Waals surface area (Å²) in [5, 5.41) is 15.9. The van der Waals surface area contributed by atoms with Gasteiger partial charge in [0.1, 0.15) is 6.61 Å². The molecule has 0 bridgehead atoms. The number of fused-ring (bicyclic) bond motifs is 1. The average Bonchev–Trinajstić information content (AvgIpc) is 3.24. The van der Waals surface area contributed by atoms with Crippen LogP contribution in [0.3, 0.4) is 0 Å². The Balaban J connectivity index is 1.42. The van der Waals surface area contributed by atoms with Gasteiger partial charge >= 0.3 is 0 Å². The van der Waals surface area contributed by atoms with Gasteiger partial charge < -0.3 is 9.67 Å². The fourth-order valence-corrected chi connectivity index (χ4v) is 5.49. The molecule has 1 aliphatic rings. The average molecular weight is 509 g/mol. The van der Waals surface area contributed by atoms with Crippen molar-refractivity contribution in [2.45, 2.75) is 6.54 Å². The largest absolute Gasteiger partial charge is 0.390 e. The van der Waals surface area contributed by atoms with Gasteiger partial charge in [0.2, 0.25) is 4.80 Å². The molecule has 6 rings (SSSR count). The van der Waals surface area contributed by atoms with E-state index in [1.807, 2.05) is 77.1 Å². The number of thiazole rings is 1. The van der Waals surface area contributed by atoms with E-state index in [0.717, 1.165) is 26.2 Å². The number of rotatable bonds is 5. The van der Waals surface area contributed by atoms with Crippen LogP contribution in [-0.2, 0) is 13.6 Å². The van der Waals surface area contributed by atoms with Gasteiger partial charge in [0.25, 0.3) is 11.8 Å². The van der Waals surface area contributed by atoms with Crippen molar-refractivity contribution < 1.29 is 19.3 Å². The molecule has 1 N–H and O–H groups in total. The highest BCUT2D eigenvalue weighted by atomic mass is 32.1. The lowest BCUT2D eigenvalue weighted by atomic mass is 9.94. The Morgan fingerprint density at radius 2 is 1.76 bits per heavy atom. The lowest BCUT2D eigenvalue weighted by molar-refractivity contribution is -0.698. The second-order valence-electron chi connectivity index (χ2n) is 8.68. The Labute approximate surface area is 215 Å². The molecule has 1 aliphatic heterocycles. The first-order chi connectivity index (χ1) is 18.0. The van der Waals surface area contributed by atoms with E-state index in [9.17, 15) is 9.59 Å².